The molecule has 0 aliphatic carbocycles. The number of para-hydroxylation sites is 2. The lowest BCUT2D eigenvalue weighted by atomic mass is 9.97. The predicted octanol–water partition coefficient (Wildman–Crippen LogP) is 3.27. The van der Waals surface area contributed by atoms with E-state index in [9.17, 15) is 4.79 Å². The molecule has 7 nitrogen and oxygen atoms in total. The number of benzene rings is 1. The number of hydrogen-bond acceptors (Lipinski definition) is 8. The molecular weight excluding hydrogens is 372 g/mol. The number of rotatable bonds is 6. The second-order valence-corrected chi connectivity index (χ2v) is 7.68. The molecule has 140 valence electrons. The molecule has 0 amide bonds. The number of carbonyl (C=O) groups excluding carboxylic acids is 1. The first kappa shape index (κ1) is 18.8. The number of likely N-dealkylation sites (tertiary alicyclic amines) is 1. The van der Waals surface area contributed by atoms with E-state index in [-0.39, 0.29) is 11.9 Å². The van der Waals surface area contributed by atoms with Gasteiger partial charge in [-0.05, 0) is 37.2 Å². The number of anilines is 2. The first-order valence-corrected chi connectivity index (χ1v) is 9.61. The number of esters is 1. The van der Waals surface area contributed by atoms with Crippen molar-refractivity contribution in [2.75, 3.05) is 32.6 Å². The van der Waals surface area contributed by atoms with Crippen molar-refractivity contribution in [3.63, 3.8) is 0 Å². The highest BCUT2D eigenvalue weighted by Gasteiger charge is 2.25. The average molecular weight is 395 g/mol. The van der Waals surface area contributed by atoms with Crippen LogP contribution in [0.4, 0.5) is 10.8 Å². The summed E-state index contributed by atoms with van der Waals surface area (Å²) in [6.07, 6.45) is 1.60. The Bertz CT molecular complexity index is 812. The molecule has 0 spiro atoms. The molecule has 0 unspecified atom stereocenters. The van der Waals surface area contributed by atoms with Crippen LogP contribution in [0.15, 0.2) is 24.3 Å². The Morgan fingerprint density at radius 1 is 1.35 bits per heavy atom. The van der Waals surface area contributed by atoms with E-state index in [4.69, 9.17) is 21.7 Å². The van der Waals surface area contributed by atoms with E-state index in [1.807, 2.05) is 28.9 Å². The average Bonchev–Trinajstić information content (AvgIpc) is 3.01. The van der Waals surface area contributed by atoms with Crippen molar-refractivity contribution in [1.29, 1.82) is 0 Å². The van der Waals surface area contributed by atoms with Crippen LogP contribution in [0.2, 0.25) is 0 Å². The van der Waals surface area contributed by atoms with Gasteiger partial charge in [0.25, 0.3) is 0 Å². The lowest BCUT2D eigenvalue weighted by molar-refractivity contribution is -0.147. The van der Waals surface area contributed by atoms with E-state index < -0.39 is 0 Å². The van der Waals surface area contributed by atoms with Crippen LogP contribution in [0, 0.1) is 9.87 Å². The van der Waals surface area contributed by atoms with Gasteiger partial charge in [0.15, 0.2) is 3.95 Å². The molecule has 2 heterocycles. The topological polar surface area (TPSA) is 68.6 Å². The molecule has 3 rings (SSSR count). The van der Waals surface area contributed by atoms with Gasteiger partial charge in [-0.2, -0.15) is 0 Å². The van der Waals surface area contributed by atoms with Crippen LogP contribution in [0.3, 0.4) is 0 Å². The Labute approximate surface area is 161 Å². The summed E-state index contributed by atoms with van der Waals surface area (Å²) in [6, 6.07) is 7.68. The minimum absolute atomic E-state index is 0.00225. The monoisotopic (exact) mass is 394 g/mol. The highest BCUT2D eigenvalue weighted by molar-refractivity contribution is 7.73. The molecule has 9 heteroatoms. The molecule has 1 N–H and O–H groups in total. The predicted molar refractivity (Wildman–Crippen MR) is 104 cm³/mol. The molecule has 1 aromatic heterocycles. The summed E-state index contributed by atoms with van der Waals surface area (Å²) >= 11 is 6.87. The van der Waals surface area contributed by atoms with Crippen molar-refractivity contribution in [2.24, 2.45) is 5.92 Å². The SMILES string of the molecule is COC(=O)C1CCN(Cn2nc(Nc3ccccc3OC)sc2=S)CC1. The van der Waals surface area contributed by atoms with E-state index in [0.717, 1.165) is 42.5 Å². The molecular formula is C17H22N4O3S2. The second-order valence-electron chi connectivity index (χ2n) is 6.05. The highest BCUT2D eigenvalue weighted by Crippen LogP contribution is 2.28. The molecule has 0 saturated carbocycles. The first-order chi connectivity index (χ1) is 12.6. The maximum atomic E-state index is 11.6. The third kappa shape index (κ3) is 4.40. The third-order valence-corrected chi connectivity index (χ3v) is 5.63. The van der Waals surface area contributed by atoms with Crippen molar-refractivity contribution >= 4 is 40.3 Å². The minimum Gasteiger partial charge on any atom is -0.495 e. The van der Waals surface area contributed by atoms with Crippen molar-refractivity contribution < 1.29 is 14.3 Å². The van der Waals surface area contributed by atoms with Gasteiger partial charge in [-0.3, -0.25) is 9.69 Å². The quantitative estimate of drug-likeness (QED) is 0.596. The summed E-state index contributed by atoms with van der Waals surface area (Å²) < 4.78 is 12.7. The summed E-state index contributed by atoms with van der Waals surface area (Å²) in [7, 11) is 3.08. The Morgan fingerprint density at radius 2 is 2.08 bits per heavy atom. The van der Waals surface area contributed by atoms with Crippen LogP contribution in [0.25, 0.3) is 0 Å². The largest absolute Gasteiger partial charge is 0.495 e. The number of aromatic nitrogens is 2. The van der Waals surface area contributed by atoms with E-state index in [1.165, 1.54) is 18.4 Å². The molecule has 0 radical (unpaired) electrons. The number of hydrogen-bond donors (Lipinski definition) is 1. The van der Waals surface area contributed by atoms with E-state index in [2.05, 4.69) is 15.3 Å². The minimum atomic E-state index is -0.113. The van der Waals surface area contributed by atoms with Crippen LogP contribution in [-0.4, -0.2) is 48.0 Å². The molecule has 26 heavy (non-hydrogen) atoms. The van der Waals surface area contributed by atoms with E-state index in [0.29, 0.717) is 10.6 Å². The zero-order valence-electron chi connectivity index (χ0n) is 14.8. The van der Waals surface area contributed by atoms with Crippen LogP contribution in [-0.2, 0) is 16.2 Å². The van der Waals surface area contributed by atoms with Gasteiger partial charge in [0.2, 0.25) is 5.13 Å². The lowest BCUT2D eigenvalue weighted by Crippen LogP contribution is -2.38. The van der Waals surface area contributed by atoms with Gasteiger partial charge in [0.1, 0.15) is 5.75 Å². The number of piperidine rings is 1. The van der Waals surface area contributed by atoms with E-state index >= 15 is 0 Å². The van der Waals surface area contributed by atoms with Crippen molar-refractivity contribution in [3.8, 4) is 5.75 Å². The number of nitrogens with zero attached hydrogens (tertiary/aromatic N) is 3. The molecule has 2 aromatic rings. The summed E-state index contributed by atoms with van der Waals surface area (Å²) in [4.78, 5) is 13.9. The molecule has 1 aliphatic heterocycles. The van der Waals surface area contributed by atoms with Gasteiger partial charge in [0, 0.05) is 13.1 Å². The van der Waals surface area contributed by atoms with Crippen LogP contribution in [0.5, 0.6) is 5.75 Å². The summed E-state index contributed by atoms with van der Waals surface area (Å²) in [5.74, 6) is 0.644. The number of carbonyl (C=O) groups is 1. The fourth-order valence-corrected chi connectivity index (χ4v) is 3.98. The van der Waals surface area contributed by atoms with Crippen LogP contribution >= 0.6 is 23.6 Å². The molecule has 0 bridgehead atoms. The number of methoxy groups -OCH3 is 2. The zero-order valence-corrected chi connectivity index (χ0v) is 16.4. The zero-order chi connectivity index (χ0) is 18.5. The Morgan fingerprint density at radius 3 is 2.77 bits per heavy atom. The van der Waals surface area contributed by atoms with Gasteiger partial charge < -0.3 is 14.8 Å². The van der Waals surface area contributed by atoms with Crippen LogP contribution < -0.4 is 10.1 Å². The Hall–Kier alpha value is -1.97. The standard InChI is InChI=1S/C17H22N4O3S2/c1-23-14-6-4-3-5-13(14)18-16-19-21(17(25)26-16)11-20-9-7-12(8-10-20)15(22)24-2/h3-6,12H,7-11H2,1-2H3,(H,18,19). The highest BCUT2D eigenvalue weighted by atomic mass is 32.1. The number of nitrogens with one attached hydrogen (secondary N) is 1. The van der Waals surface area contributed by atoms with Gasteiger partial charge >= 0.3 is 5.97 Å². The molecule has 1 aromatic carbocycles. The van der Waals surface area contributed by atoms with Gasteiger partial charge in [-0.1, -0.05) is 23.5 Å². The lowest BCUT2D eigenvalue weighted by Gasteiger charge is -2.30. The second kappa shape index (κ2) is 8.61. The van der Waals surface area contributed by atoms with Gasteiger partial charge in [0.05, 0.1) is 32.5 Å². The summed E-state index contributed by atoms with van der Waals surface area (Å²) in [5, 5.41) is 8.57. The molecule has 0 atom stereocenters. The first-order valence-electron chi connectivity index (χ1n) is 8.39. The molecule has 1 fully saturated rings. The Balaban J connectivity index is 1.62. The maximum absolute atomic E-state index is 11.6. The van der Waals surface area contributed by atoms with Crippen molar-refractivity contribution in [3.05, 3.63) is 28.2 Å². The molecule has 1 saturated heterocycles. The fourth-order valence-electron chi connectivity index (χ4n) is 2.98. The summed E-state index contributed by atoms with van der Waals surface area (Å²) in [5.41, 5.74) is 0.852. The summed E-state index contributed by atoms with van der Waals surface area (Å²) in [6.45, 7) is 2.28. The third-order valence-electron chi connectivity index (χ3n) is 4.41. The van der Waals surface area contributed by atoms with Crippen molar-refractivity contribution in [2.45, 2.75) is 19.5 Å². The fraction of sp³-hybridized carbons (Fsp3) is 0.471. The van der Waals surface area contributed by atoms with E-state index in [1.54, 1.807) is 7.11 Å². The smallest absolute Gasteiger partial charge is 0.308 e. The normalized spacial score (nSPS) is 15.6. The number of ether oxygens (including phenoxy) is 2. The van der Waals surface area contributed by atoms with Gasteiger partial charge in [-0.25, -0.2) is 4.68 Å². The van der Waals surface area contributed by atoms with Crippen LogP contribution in [0.1, 0.15) is 12.8 Å². The maximum Gasteiger partial charge on any atom is 0.308 e. The van der Waals surface area contributed by atoms with Gasteiger partial charge in [-0.15, -0.1) is 5.10 Å². The molecule has 1 aliphatic rings. The van der Waals surface area contributed by atoms with Crippen molar-refractivity contribution in [1.82, 2.24) is 14.7 Å². The Kier molecular flexibility index (Phi) is 6.23.